The Morgan fingerprint density at radius 2 is 1.83 bits per heavy atom. The molecule has 1 heterocycles. The number of ether oxygens (including phenoxy) is 1. The van der Waals surface area contributed by atoms with Crippen LogP contribution in [0.15, 0.2) is 30.3 Å². The van der Waals surface area contributed by atoms with Crippen molar-refractivity contribution in [3.8, 4) is 0 Å². The summed E-state index contributed by atoms with van der Waals surface area (Å²) >= 11 is 0. The first-order valence-electron chi connectivity index (χ1n) is 9.24. The van der Waals surface area contributed by atoms with Crippen molar-refractivity contribution in [2.45, 2.75) is 59.0 Å². The fourth-order valence-corrected chi connectivity index (χ4v) is 4.16. The van der Waals surface area contributed by atoms with Crippen molar-refractivity contribution in [2.24, 2.45) is 17.8 Å². The summed E-state index contributed by atoms with van der Waals surface area (Å²) in [7, 11) is 1.75. The van der Waals surface area contributed by atoms with Gasteiger partial charge in [0.1, 0.15) is 0 Å². The molecule has 3 nitrogen and oxygen atoms in total. The van der Waals surface area contributed by atoms with Gasteiger partial charge in [-0.1, -0.05) is 58.0 Å². The van der Waals surface area contributed by atoms with E-state index in [0.29, 0.717) is 17.9 Å². The zero-order valence-electron chi connectivity index (χ0n) is 16.0. The number of nitrogens with zero attached hydrogens (tertiary/aromatic N) is 1. The maximum atomic E-state index is 13.5. The van der Waals surface area contributed by atoms with Gasteiger partial charge in [-0.15, -0.1) is 0 Å². The predicted molar refractivity (Wildman–Crippen MR) is 98.9 cm³/mol. The molecule has 1 aromatic carbocycles. The van der Waals surface area contributed by atoms with Crippen LogP contribution in [-0.2, 0) is 9.53 Å². The number of carbonyl (C=O) groups is 1. The maximum absolute atomic E-state index is 13.5. The Morgan fingerprint density at radius 1 is 1.21 bits per heavy atom. The third-order valence-corrected chi connectivity index (χ3v) is 5.52. The van der Waals surface area contributed by atoms with Crippen molar-refractivity contribution < 1.29 is 9.53 Å². The molecule has 0 spiro atoms. The second-order valence-corrected chi connectivity index (χ2v) is 7.88. The first-order valence-corrected chi connectivity index (χ1v) is 9.24. The molecule has 4 atom stereocenters. The number of likely N-dealkylation sites (tertiary alicyclic amines) is 1. The molecular weight excluding hydrogens is 298 g/mol. The summed E-state index contributed by atoms with van der Waals surface area (Å²) in [4.78, 5) is 15.7. The van der Waals surface area contributed by atoms with Crippen molar-refractivity contribution >= 4 is 5.91 Å². The number of hydrogen-bond donors (Lipinski definition) is 0. The van der Waals surface area contributed by atoms with Crippen LogP contribution in [-0.4, -0.2) is 36.6 Å². The molecule has 1 aliphatic rings. The third-order valence-electron chi connectivity index (χ3n) is 5.52. The summed E-state index contributed by atoms with van der Waals surface area (Å²) in [5.41, 5.74) is 1.13. The molecule has 0 bridgehead atoms. The lowest BCUT2D eigenvalue weighted by atomic mass is 9.86. The van der Waals surface area contributed by atoms with Gasteiger partial charge in [-0.2, -0.15) is 0 Å². The highest BCUT2D eigenvalue weighted by atomic mass is 16.5. The number of carbonyl (C=O) groups excluding carboxylic acids is 1. The third kappa shape index (κ3) is 3.83. The molecule has 1 amide bonds. The van der Waals surface area contributed by atoms with Crippen LogP contribution in [0.4, 0.5) is 0 Å². The molecule has 1 aliphatic heterocycles. The molecule has 3 unspecified atom stereocenters. The van der Waals surface area contributed by atoms with Crippen LogP contribution in [0, 0.1) is 17.8 Å². The minimum atomic E-state index is -0.0730. The fourth-order valence-electron chi connectivity index (χ4n) is 4.16. The monoisotopic (exact) mass is 331 g/mol. The summed E-state index contributed by atoms with van der Waals surface area (Å²) < 4.78 is 5.41. The van der Waals surface area contributed by atoms with E-state index in [-0.39, 0.29) is 23.8 Å². The minimum absolute atomic E-state index is 0.0730. The van der Waals surface area contributed by atoms with Crippen LogP contribution >= 0.6 is 0 Å². The lowest BCUT2D eigenvalue weighted by molar-refractivity contribution is -0.137. The van der Waals surface area contributed by atoms with E-state index in [0.717, 1.165) is 18.6 Å². The molecule has 0 saturated carbocycles. The number of rotatable bonds is 6. The second kappa shape index (κ2) is 8.15. The quantitative estimate of drug-likeness (QED) is 0.776. The van der Waals surface area contributed by atoms with E-state index in [1.807, 2.05) is 18.2 Å². The van der Waals surface area contributed by atoms with Gasteiger partial charge >= 0.3 is 0 Å². The van der Waals surface area contributed by atoms with Gasteiger partial charge in [-0.05, 0) is 30.7 Å². The Kier molecular flexibility index (Phi) is 6.45. The Morgan fingerprint density at radius 3 is 2.33 bits per heavy atom. The summed E-state index contributed by atoms with van der Waals surface area (Å²) in [6, 6.07) is 10.8. The van der Waals surface area contributed by atoms with Crippen LogP contribution in [0.5, 0.6) is 0 Å². The zero-order valence-corrected chi connectivity index (χ0v) is 16.0. The lowest BCUT2D eigenvalue weighted by Gasteiger charge is -2.36. The second-order valence-electron chi connectivity index (χ2n) is 7.88. The number of hydrogen-bond acceptors (Lipinski definition) is 2. The maximum Gasteiger partial charge on any atom is 0.230 e. The zero-order chi connectivity index (χ0) is 17.9. The molecule has 3 heteroatoms. The van der Waals surface area contributed by atoms with Gasteiger partial charge in [-0.25, -0.2) is 0 Å². The van der Waals surface area contributed by atoms with E-state index in [4.69, 9.17) is 4.74 Å². The van der Waals surface area contributed by atoms with Crippen molar-refractivity contribution in [2.75, 3.05) is 13.7 Å². The largest absolute Gasteiger partial charge is 0.384 e. The van der Waals surface area contributed by atoms with E-state index in [2.05, 4.69) is 51.7 Å². The Hall–Kier alpha value is -1.35. The average Bonchev–Trinajstić information content (AvgIpc) is 2.86. The van der Waals surface area contributed by atoms with Crippen LogP contribution in [0.25, 0.3) is 0 Å². The predicted octanol–water partition coefficient (Wildman–Crippen LogP) is 4.33. The van der Waals surface area contributed by atoms with Gasteiger partial charge in [0.15, 0.2) is 0 Å². The molecule has 2 rings (SSSR count). The normalized spacial score (nSPS) is 25.5. The van der Waals surface area contributed by atoms with Crippen LogP contribution in [0.3, 0.4) is 0 Å². The Labute approximate surface area is 147 Å². The SMILES string of the molecule is COCC1C[C@@H](C(C)C)N(C(=O)C(c2ccccc2)C(C)C)C1C. The van der Waals surface area contributed by atoms with Crippen LogP contribution in [0.1, 0.15) is 52.5 Å². The highest BCUT2D eigenvalue weighted by Crippen LogP contribution is 2.38. The van der Waals surface area contributed by atoms with Gasteiger partial charge < -0.3 is 9.64 Å². The molecule has 134 valence electrons. The first-order chi connectivity index (χ1) is 11.4. The minimum Gasteiger partial charge on any atom is -0.384 e. The van der Waals surface area contributed by atoms with Crippen LogP contribution < -0.4 is 0 Å². The van der Waals surface area contributed by atoms with E-state index < -0.39 is 0 Å². The Balaban J connectivity index is 2.32. The molecule has 1 saturated heterocycles. The van der Waals surface area contributed by atoms with Crippen molar-refractivity contribution in [1.82, 2.24) is 4.90 Å². The smallest absolute Gasteiger partial charge is 0.230 e. The summed E-state index contributed by atoms with van der Waals surface area (Å²) in [6.45, 7) is 11.7. The summed E-state index contributed by atoms with van der Waals surface area (Å²) in [5, 5.41) is 0. The fraction of sp³-hybridized carbons (Fsp3) is 0.667. The standard InChI is InChI=1S/C21H33NO2/c1-14(2)19-12-18(13-24-6)16(5)22(19)21(23)20(15(3)4)17-10-8-7-9-11-17/h7-11,14-16,18-20H,12-13H2,1-6H3/t16?,18?,19-,20?/m0/s1. The molecule has 0 N–H and O–H groups in total. The van der Waals surface area contributed by atoms with E-state index in [1.54, 1.807) is 7.11 Å². The van der Waals surface area contributed by atoms with E-state index in [1.165, 1.54) is 0 Å². The topological polar surface area (TPSA) is 29.5 Å². The van der Waals surface area contributed by atoms with Gasteiger partial charge in [0, 0.05) is 25.1 Å². The van der Waals surface area contributed by atoms with Crippen molar-refractivity contribution in [3.63, 3.8) is 0 Å². The van der Waals surface area contributed by atoms with Crippen molar-refractivity contribution in [1.29, 1.82) is 0 Å². The molecule has 0 aromatic heterocycles. The first kappa shape index (κ1) is 19.0. The average molecular weight is 332 g/mol. The molecule has 1 aromatic rings. The van der Waals surface area contributed by atoms with Crippen molar-refractivity contribution in [3.05, 3.63) is 35.9 Å². The lowest BCUT2D eigenvalue weighted by Crippen LogP contribution is -2.46. The van der Waals surface area contributed by atoms with Gasteiger partial charge in [-0.3, -0.25) is 4.79 Å². The number of amides is 1. The van der Waals surface area contributed by atoms with E-state index in [9.17, 15) is 4.79 Å². The molecule has 24 heavy (non-hydrogen) atoms. The number of methoxy groups -OCH3 is 1. The summed E-state index contributed by atoms with van der Waals surface area (Å²) in [6.07, 6.45) is 1.04. The van der Waals surface area contributed by atoms with Crippen LogP contribution in [0.2, 0.25) is 0 Å². The molecule has 1 fully saturated rings. The van der Waals surface area contributed by atoms with Gasteiger partial charge in [0.25, 0.3) is 0 Å². The highest BCUT2D eigenvalue weighted by molar-refractivity contribution is 5.85. The highest BCUT2D eigenvalue weighted by Gasteiger charge is 2.44. The molecular formula is C21H33NO2. The Bertz CT molecular complexity index is 526. The summed E-state index contributed by atoms with van der Waals surface area (Å²) in [5.74, 6) is 1.37. The molecule has 0 aliphatic carbocycles. The van der Waals surface area contributed by atoms with E-state index >= 15 is 0 Å². The molecule has 0 radical (unpaired) electrons. The van der Waals surface area contributed by atoms with Gasteiger partial charge in [0.05, 0.1) is 12.5 Å². The van der Waals surface area contributed by atoms with Gasteiger partial charge in [0.2, 0.25) is 5.91 Å². The number of benzene rings is 1.